The van der Waals surface area contributed by atoms with E-state index in [0.29, 0.717) is 13.0 Å². The highest BCUT2D eigenvalue weighted by Crippen LogP contribution is 2.21. The van der Waals surface area contributed by atoms with Crippen LogP contribution in [0.5, 0.6) is 0 Å². The van der Waals surface area contributed by atoms with Crippen molar-refractivity contribution in [3.8, 4) is 0 Å². The van der Waals surface area contributed by atoms with Crippen molar-refractivity contribution in [3.05, 3.63) is 0 Å². The first-order chi connectivity index (χ1) is 5.42. The molecule has 0 bridgehead atoms. The maximum atomic E-state index is 11.6. The molecule has 0 aliphatic carbocycles. The van der Waals surface area contributed by atoms with Crippen molar-refractivity contribution in [1.82, 2.24) is 5.32 Å². The lowest BCUT2D eigenvalue weighted by atomic mass is 10.2. The number of hydrogen-bond acceptors (Lipinski definition) is 1. The molecule has 0 rings (SSSR count). The van der Waals surface area contributed by atoms with E-state index in [2.05, 4.69) is 5.32 Å². The minimum atomic E-state index is -4.07. The lowest BCUT2D eigenvalue weighted by Gasteiger charge is -2.05. The second-order valence-electron chi connectivity index (χ2n) is 2.56. The first kappa shape index (κ1) is 11.3. The highest BCUT2D eigenvalue weighted by Gasteiger charge is 2.25. The molecule has 0 aliphatic heterocycles. The summed E-state index contributed by atoms with van der Waals surface area (Å²) >= 11 is 0. The van der Waals surface area contributed by atoms with Crippen LogP contribution in [0.3, 0.4) is 0 Å². The van der Waals surface area contributed by atoms with Gasteiger partial charge in [0.05, 0.1) is 0 Å². The van der Waals surface area contributed by atoms with Gasteiger partial charge in [0.2, 0.25) is 5.91 Å². The zero-order valence-electron chi connectivity index (χ0n) is 6.87. The SMILES string of the molecule is CC(=O)NCCCCC(F)(F)F. The molecule has 0 aromatic rings. The molecule has 2 nitrogen and oxygen atoms in total. The fourth-order valence-corrected chi connectivity index (χ4v) is 0.715. The van der Waals surface area contributed by atoms with Crippen molar-refractivity contribution in [2.75, 3.05) is 6.54 Å². The molecule has 72 valence electrons. The van der Waals surface area contributed by atoms with Crippen molar-refractivity contribution in [1.29, 1.82) is 0 Å². The molecule has 1 amide bonds. The standard InChI is InChI=1S/C7H12F3NO/c1-6(12)11-5-3-2-4-7(8,9)10/h2-5H2,1H3,(H,11,12). The summed E-state index contributed by atoms with van der Waals surface area (Å²) in [5.74, 6) is -0.206. The Hall–Kier alpha value is -0.740. The molecule has 0 aromatic carbocycles. The maximum Gasteiger partial charge on any atom is 0.389 e. The normalized spacial score (nSPS) is 11.3. The largest absolute Gasteiger partial charge is 0.389 e. The quantitative estimate of drug-likeness (QED) is 0.662. The Labute approximate surface area is 69.1 Å². The third kappa shape index (κ3) is 9.26. The van der Waals surface area contributed by atoms with Crippen LogP contribution in [-0.4, -0.2) is 18.6 Å². The molecule has 0 fully saturated rings. The molecule has 0 unspecified atom stereocenters. The fourth-order valence-electron chi connectivity index (χ4n) is 0.715. The van der Waals surface area contributed by atoms with Crippen LogP contribution in [0.4, 0.5) is 13.2 Å². The monoisotopic (exact) mass is 183 g/mol. The Balaban J connectivity index is 3.17. The molecule has 0 radical (unpaired) electrons. The van der Waals surface area contributed by atoms with Crippen molar-refractivity contribution < 1.29 is 18.0 Å². The van der Waals surface area contributed by atoms with Crippen LogP contribution < -0.4 is 5.32 Å². The first-order valence-electron chi connectivity index (χ1n) is 3.73. The second kappa shape index (κ2) is 5.00. The minimum absolute atomic E-state index is 0.0732. The smallest absolute Gasteiger partial charge is 0.356 e. The van der Waals surface area contributed by atoms with E-state index in [1.807, 2.05) is 0 Å². The Kier molecular flexibility index (Phi) is 4.70. The van der Waals surface area contributed by atoms with E-state index in [4.69, 9.17) is 0 Å². The van der Waals surface area contributed by atoms with Gasteiger partial charge in [-0.05, 0) is 12.8 Å². The van der Waals surface area contributed by atoms with Gasteiger partial charge in [0, 0.05) is 19.9 Å². The fraction of sp³-hybridized carbons (Fsp3) is 0.857. The Bertz CT molecular complexity index is 144. The molecule has 5 heteroatoms. The lowest BCUT2D eigenvalue weighted by Crippen LogP contribution is -2.21. The average molecular weight is 183 g/mol. The highest BCUT2D eigenvalue weighted by atomic mass is 19.4. The molecular weight excluding hydrogens is 171 g/mol. The molecule has 0 atom stereocenters. The van der Waals surface area contributed by atoms with Gasteiger partial charge >= 0.3 is 6.18 Å². The van der Waals surface area contributed by atoms with Gasteiger partial charge in [0.15, 0.2) is 0 Å². The number of unbranched alkanes of at least 4 members (excludes halogenated alkanes) is 1. The lowest BCUT2D eigenvalue weighted by molar-refractivity contribution is -0.135. The van der Waals surface area contributed by atoms with Gasteiger partial charge in [-0.25, -0.2) is 0 Å². The summed E-state index contributed by atoms with van der Waals surface area (Å²) in [5, 5.41) is 2.43. The van der Waals surface area contributed by atoms with Gasteiger partial charge in [0.1, 0.15) is 0 Å². The minimum Gasteiger partial charge on any atom is -0.356 e. The van der Waals surface area contributed by atoms with Gasteiger partial charge in [-0.1, -0.05) is 0 Å². The number of nitrogens with one attached hydrogen (secondary N) is 1. The third-order valence-corrected chi connectivity index (χ3v) is 1.26. The Morgan fingerprint density at radius 1 is 1.33 bits per heavy atom. The summed E-state index contributed by atoms with van der Waals surface area (Å²) in [5.41, 5.74) is 0. The average Bonchev–Trinajstić information content (AvgIpc) is 1.83. The Morgan fingerprint density at radius 3 is 2.33 bits per heavy atom. The van der Waals surface area contributed by atoms with Crippen molar-refractivity contribution in [2.45, 2.75) is 32.4 Å². The molecule has 1 N–H and O–H groups in total. The number of carbonyl (C=O) groups is 1. The van der Waals surface area contributed by atoms with Crippen LogP contribution in [0.15, 0.2) is 0 Å². The number of amides is 1. The Morgan fingerprint density at radius 2 is 1.92 bits per heavy atom. The molecule has 12 heavy (non-hydrogen) atoms. The summed E-state index contributed by atoms with van der Waals surface area (Å²) in [6.07, 6.45) is -4.40. The third-order valence-electron chi connectivity index (χ3n) is 1.26. The summed E-state index contributed by atoms with van der Waals surface area (Å²) < 4.78 is 34.7. The van der Waals surface area contributed by atoms with Gasteiger partial charge < -0.3 is 5.32 Å². The number of halogens is 3. The number of rotatable bonds is 4. The summed E-state index contributed by atoms with van der Waals surface area (Å²) in [7, 11) is 0. The first-order valence-corrected chi connectivity index (χ1v) is 3.73. The van der Waals surface area contributed by atoms with Crippen molar-refractivity contribution >= 4 is 5.91 Å². The van der Waals surface area contributed by atoms with Gasteiger partial charge in [0.25, 0.3) is 0 Å². The van der Waals surface area contributed by atoms with E-state index >= 15 is 0 Å². The summed E-state index contributed by atoms with van der Waals surface area (Å²) in [6, 6.07) is 0. The molecule has 0 aromatic heterocycles. The van der Waals surface area contributed by atoms with Crippen molar-refractivity contribution in [3.63, 3.8) is 0 Å². The number of alkyl halides is 3. The molecule has 0 saturated carbocycles. The molecule has 0 saturated heterocycles. The highest BCUT2D eigenvalue weighted by molar-refractivity contribution is 5.72. The van der Waals surface area contributed by atoms with Crippen LogP contribution in [0, 0.1) is 0 Å². The molecule has 0 spiro atoms. The maximum absolute atomic E-state index is 11.6. The number of carbonyl (C=O) groups excluding carboxylic acids is 1. The second-order valence-corrected chi connectivity index (χ2v) is 2.56. The zero-order valence-corrected chi connectivity index (χ0v) is 6.87. The van der Waals surface area contributed by atoms with Crippen LogP contribution in [0.25, 0.3) is 0 Å². The number of hydrogen-bond donors (Lipinski definition) is 1. The van der Waals surface area contributed by atoms with E-state index in [0.717, 1.165) is 0 Å². The molecule has 0 heterocycles. The van der Waals surface area contributed by atoms with E-state index in [1.54, 1.807) is 0 Å². The zero-order chi connectivity index (χ0) is 9.61. The van der Waals surface area contributed by atoms with Crippen LogP contribution in [0.1, 0.15) is 26.2 Å². The molecule has 0 aliphatic rings. The topological polar surface area (TPSA) is 29.1 Å². The summed E-state index contributed by atoms with van der Waals surface area (Å²) in [6.45, 7) is 1.66. The van der Waals surface area contributed by atoms with E-state index in [-0.39, 0.29) is 12.3 Å². The predicted molar refractivity (Wildman–Crippen MR) is 38.6 cm³/mol. The van der Waals surface area contributed by atoms with E-state index in [1.165, 1.54) is 6.92 Å². The van der Waals surface area contributed by atoms with Crippen LogP contribution in [0.2, 0.25) is 0 Å². The summed E-state index contributed by atoms with van der Waals surface area (Å²) in [4.78, 5) is 10.3. The molecular formula is C7H12F3NO. The van der Waals surface area contributed by atoms with Gasteiger partial charge in [-0.2, -0.15) is 13.2 Å². The van der Waals surface area contributed by atoms with Crippen LogP contribution >= 0.6 is 0 Å². The predicted octanol–water partition coefficient (Wildman–Crippen LogP) is 1.86. The van der Waals surface area contributed by atoms with Crippen LogP contribution in [-0.2, 0) is 4.79 Å². The van der Waals surface area contributed by atoms with E-state index < -0.39 is 12.6 Å². The van der Waals surface area contributed by atoms with Gasteiger partial charge in [-0.15, -0.1) is 0 Å². The van der Waals surface area contributed by atoms with Crippen molar-refractivity contribution in [2.24, 2.45) is 0 Å². The van der Waals surface area contributed by atoms with Gasteiger partial charge in [-0.3, -0.25) is 4.79 Å². The van der Waals surface area contributed by atoms with E-state index in [9.17, 15) is 18.0 Å².